The van der Waals surface area contributed by atoms with E-state index in [1.54, 1.807) is 18.2 Å². The molecular formula is C16H13ClO4S. The van der Waals surface area contributed by atoms with Crippen LogP contribution in [0.3, 0.4) is 0 Å². The van der Waals surface area contributed by atoms with E-state index in [0.29, 0.717) is 15.8 Å². The zero-order chi connectivity index (χ0) is 15.7. The largest absolute Gasteiger partial charge is 0.507 e. The fourth-order valence-electron chi connectivity index (χ4n) is 2.20. The first-order valence-corrected chi connectivity index (χ1v) is 8.00. The van der Waals surface area contributed by atoms with Gasteiger partial charge in [0.1, 0.15) is 24.2 Å². The van der Waals surface area contributed by atoms with Crippen LogP contribution in [0.1, 0.15) is 0 Å². The van der Waals surface area contributed by atoms with Gasteiger partial charge in [-0.05, 0) is 18.2 Å². The standard InChI is InChI=1S/C16H13ClO4S/c17-7-9(18)8-21-10-5-12(19)15-14(6-10)22-13-4-2-1-3-11(13)16(15)20/h1-6,9,18-19H,7-8H2. The number of aliphatic hydroxyl groups excluding tert-OH is 1. The van der Waals surface area contributed by atoms with Crippen molar-refractivity contribution in [1.82, 2.24) is 0 Å². The topological polar surface area (TPSA) is 66.8 Å². The Morgan fingerprint density at radius 2 is 2.00 bits per heavy atom. The van der Waals surface area contributed by atoms with Crippen LogP contribution in [-0.4, -0.2) is 28.8 Å². The lowest BCUT2D eigenvalue weighted by atomic mass is 10.1. The van der Waals surface area contributed by atoms with E-state index in [0.717, 1.165) is 4.70 Å². The van der Waals surface area contributed by atoms with Gasteiger partial charge in [-0.1, -0.05) is 12.1 Å². The highest BCUT2D eigenvalue weighted by Gasteiger charge is 2.12. The lowest BCUT2D eigenvalue weighted by molar-refractivity contribution is 0.125. The predicted molar refractivity (Wildman–Crippen MR) is 89.5 cm³/mol. The van der Waals surface area contributed by atoms with Gasteiger partial charge in [0.25, 0.3) is 0 Å². The zero-order valence-electron chi connectivity index (χ0n) is 11.5. The fraction of sp³-hybridized carbons (Fsp3) is 0.188. The highest BCUT2D eigenvalue weighted by Crippen LogP contribution is 2.33. The third-order valence-electron chi connectivity index (χ3n) is 3.25. The van der Waals surface area contributed by atoms with Crippen LogP contribution >= 0.6 is 22.9 Å². The number of benzene rings is 2. The molecule has 2 aromatic carbocycles. The first-order chi connectivity index (χ1) is 10.6. The Hall–Kier alpha value is -1.82. The Balaban J connectivity index is 2.13. The number of phenols is 1. The van der Waals surface area contributed by atoms with Crippen LogP contribution in [0.15, 0.2) is 41.2 Å². The molecule has 0 amide bonds. The smallest absolute Gasteiger partial charge is 0.199 e. The van der Waals surface area contributed by atoms with E-state index in [-0.39, 0.29) is 29.1 Å². The van der Waals surface area contributed by atoms with Gasteiger partial charge >= 0.3 is 0 Å². The van der Waals surface area contributed by atoms with Crippen LogP contribution in [0.5, 0.6) is 11.5 Å². The minimum atomic E-state index is -0.783. The van der Waals surface area contributed by atoms with Crippen molar-refractivity contribution >= 4 is 43.1 Å². The molecule has 0 radical (unpaired) electrons. The number of aliphatic hydroxyl groups is 1. The third-order valence-corrected chi connectivity index (χ3v) is 4.73. The van der Waals surface area contributed by atoms with Crippen molar-refractivity contribution in [3.05, 3.63) is 46.6 Å². The molecule has 3 aromatic rings. The van der Waals surface area contributed by atoms with Crippen molar-refractivity contribution in [3.8, 4) is 11.5 Å². The van der Waals surface area contributed by atoms with E-state index in [2.05, 4.69) is 0 Å². The SMILES string of the molecule is O=c1c2ccccc2sc2cc(OCC(O)CCl)cc(O)c12. The number of alkyl halides is 1. The van der Waals surface area contributed by atoms with Gasteiger partial charge in [0.15, 0.2) is 5.43 Å². The van der Waals surface area contributed by atoms with Gasteiger partial charge in [0, 0.05) is 20.9 Å². The first-order valence-electron chi connectivity index (χ1n) is 6.65. The van der Waals surface area contributed by atoms with E-state index in [1.165, 1.54) is 17.4 Å². The van der Waals surface area contributed by atoms with Crippen LogP contribution < -0.4 is 10.2 Å². The summed E-state index contributed by atoms with van der Waals surface area (Å²) in [6.07, 6.45) is -0.783. The molecule has 1 atom stereocenters. The lowest BCUT2D eigenvalue weighted by Crippen LogP contribution is -2.18. The molecule has 3 rings (SSSR count). The Morgan fingerprint density at radius 3 is 2.77 bits per heavy atom. The molecule has 0 aliphatic rings. The summed E-state index contributed by atoms with van der Waals surface area (Å²) in [7, 11) is 0. The van der Waals surface area contributed by atoms with E-state index >= 15 is 0 Å². The summed E-state index contributed by atoms with van der Waals surface area (Å²) in [5.41, 5.74) is -0.200. The van der Waals surface area contributed by atoms with Gasteiger partial charge < -0.3 is 14.9 Å². The predicted octanol–water partition coefficient (Wildman–Crippen LogP) is 3.10. The van der Waals surface area contributed by atoms with Crippen LogP contribution in [-0.2, 0) is 0 Å². The zero-order valence-corrected chi connectivity index (χ0v) is 13.0. The number of rotatable bonds is 4. The molecule has 6 heteroatoms. The summed E-state index contributed by atoms with van der Waals surface area (Å²) in [6.45, 7) is 0.0247. The second-order valence-corrected chi connectivity index (χ2v) is 6.25. The van der Waals surface area contributed by atoms with Gasteiger partial charge in [-0.3, -0.25) is 4.79 Å². The van der Waals surface area contributed by atoms with Gasteiger partial charge in [-0.2, -0.15) is 0 Å². The molecule has 0 saturated heterocycles. The van der Waals surface area contributed by atoms with Gasteiger partial charge in [-0.15, -0.1) is 22.9 Å². The van der Waals surface area contributed by atoms with E-state index < -0.39 is 6.10 Å². The molecule has 4 nitrogen and oxygen atoms in total. The van der Waals surface area contributed by atoms with Crippen LogP contribution in [0.4, 0.5) is 0 Å². The molecule has 0 bridgehead atoms. The monoisotopic (exact) mass is 336 g/mol. The van der Waals surface area contributed by atoms with Gasteiger partial charge in [-0.25, -0.2) is 0 Å². The Kier molecular flexibility index (Phi) is 4.20. The second kappa shape index (κ2) is 6.12. The molecule has 2 N–H and O–H groups in total. The lowest BCUT2D eigenvalue weighted by Gasteiger charge is -2.11. The minimum absolute atomic E-state index is 0.0247. The Bertz CT molecular complexity index is 890. The highest BCUT2D eigenvalue weighted by atomic mass is 35.5. The molecule has 114 valence electrons. The Morgan fingerprint density at radius 1 is 1.23 bits per heavy atom. The summed E-state index contributed by atoms with van der Waals surface area (Å²) in [5, 5.41) is 20.4. The van der Waals surface area contributed by atoms with Crippen molar-refractivity contribution in [3.63, 3.8) is 0 Å². The van der Waals surface area contributed by atoms with Crippen molar-refractivity contribution in [2.75, 3.05) is 12.5 Å². The summed E-state index contributed by atoms with van der Waals surface area (Å²) >= 11 is 6.92. The van der Waals surface area contributed by atoms with Crippen LogP contribution in [0, 0.1) is 0 Å². The molecule has 1 unspecified atom stereocenters. The summed E-state index contributed by atoms with van der Waals surface area (Å²) < 4.78 is 6.89. The quantitative estimate of drug-likeness (QED) is 0.567. The maximum absolute atomic E-state index is 12.5. The number of ether oxygens (including phenoxy) is 1. The maximum Gasteiger partial charge on any atom is 0.199 e. The molecule has 22 heavy (non-hydrogen) atoms. The van der Waals surface area contributed by atoms with Gasteiger partial charge in [0.05, 0.1) is 11.3 Å². The molecular weight excluding hydrogens is 324 g/mol. The molecule has 0 saturated carbocycles. The second-order valence-electron chi connectivity index (χ2n) is 4.86. The molecule has 0 aliphatic carbocycles. The third kappa shape index (κ3) is 2.75. The van der Waals surface area contributed by atoms with Crippen LogP contribution in [0.25, 0.3) is 20.2 Å². The average Bonchev–Trinajstić information content (AvgIpc) is 2.52. The molecule has 0 spiro atoms. The summed E-state index contributed by atoms with van der Waals surface area (Å²) in [6, 6.07) is 10.3. The van der Waals surface area contributed by atoms with E-state index in [1.807, 2.05) is 12.1 Å². The number of hydrogen-bond acceptors (Lipinski definition) is 5. The minimum Gasteiger partial charge on any atom is -0.507 e. The maximum atomic E-state index is 12.5. The summed E-state index contributed by atoms with van der Waals surface area (Å²) in [4.78, 5) is 12.5. The van der Waals surface area contributed by atoms with E-state index in [4.69, 9.17) is 16.3 Å². The number of aromatic hydroxyl groups is 1. The highest BCUT2D eigenvalue weighted by molar-refractivity contribution is 7.24. The summed E-state index contributed by atoms with van der Waals surface area (Å²) in [5.74, 6) is 0.331. The van der Waals surface area contributed by atoms with Crippen molar-refractivity contribution in [2.45, 2.75) is 6.10 Å². The normalized spacial score (nSPS) is 12.6. The Labute approximate surface area is 135 Å². The number of hydrogen-bond donors (Lipinski definition) is 2. The van der Waals surface area contributed by atoms with Crippen molar-refractivity contribution in [1.29, 1.82) is 0 Å². The number of halogens is 1. The molecule has 0 fully saturated rings. The number of phenolic OH excluding ortho intramolecular Hbond substituents is 1. The fourth-order valence-corrected chi connectivity index (χ4v) is 3.42. The molecule has 0 aliphatic heterocycles. The van der Waals surface area contributed by atoms with Crippen LogP contribution in [0.2, 0.25) is 0 Å². The van der Waals surface area contributed by atoms with Gasteiger partial charge in [0.2, 0.25) is 0 Å². The molecule has 1 heterocycles. The molecule has 1 aromatic heterocycles. The van der Waals surface area contributed by atoms with E-state index in [9.17, 15) is 15.0 Å². The average molecular weight is 337 g/mol. The van der Waals surface area contributed by atoms with Crippen molar-refractivity contribution in [2.24, 2.45) is 0 Å². The van der Waals surface area contributed by atoms with Crippen molar-refractivity contribution < 1.29 is 14.9 Å². The first kappa shape index (κ1) is 15.1. The number of fused-ring (bicyclic) bond motifs is 2.